The number of rotatable bonds is 10. The molecule has 0 aliphatic carbocycles. The average molecular weight is 355 g/mol. The summed E-state index contributed by atoms with van der Waals surface area (Å²) in [7, 11) is -2.11. The maximum Gasteiger partial charge on any atom is 0.319 e. The number of imide groups is 1. The Hall–Kier alpha value is -0.843. The molecule has 1 rings (SSSR count). The lowest BCUT2D eigenvalue weighted by Crippen LogP contribution is -2.57. The van der Waals surface area contributed by atoms with Gasteiger partial charge >= 0.3 is 6.03 Å². The zero-order chi connectivity index (χ0) is 18.5. The van der Waals surface area contributed by atoms with Crippen LogP contribution in [0.4, 0.5) is 4.79 Å². The monoisotopic (exact) mass is 354 g/mol. The van der Waals surface area contributed by atoms with Crippen LogP contribution in [0.2, 0.25) is 18.1 Å². The lowest BCUT2D eigenvalue weighted by molar-refractivity contribution is -0.131. The maximum absolute atomic E-state index is 13.6. The first kappa shape index (κ1) is 21.2. The summed E-state index contributed by atoms with van der Waals surface area (Å²) >= 11 is 0. The molecule has 0 bridgehead atoms. The van der Waals surface area contributed by atoms with Gasteiger partial charge < -0.3 is 4.90 Å². The Labute approximate surface area is 150 Å². The predicted octanol–water partition coefficient (Wildman–Crippen LogP) is 5.39. The van der Waals surface area contributed by atoms with Crippen LogP contribution in [0.25, 0.3) is 0 Å². The van der Waals surface area contributed by atoms with Gasteiger partial charge in [-0.25, -0.2) is 4.79 Å². The van der Waals surface area contributed by atoms with Gasteiger partial charge in [-0.1, -0.05) is 53.9 Å². The molecule has 0 aromatic heterocycles. The van der Waals surface area contributed by atoms with E-state index in [0.717, 1.165) is 37.4 Å². The van der Waals surface area contributed by atoms with Crippen molar-refractivity contribution in [1.82, 2.24) is 9.47 Å². The molecule has 1 aliphatic rings. The van der Waals surface area contributed by atoms with Crippen LogP contribution in [0.3, 0.4) is 0 Å². The van der Waals surface area contributed by atoms with E-state index in [2.05, 4.69) is 34.6 Å². The van der Waals surface area contributed by atoms with E-state index in [1.54, 1.807) is 0 Å². The Bertz CT molecular complexity index is 430. The van der Waals surface area contributed by atoms with Crippen molar-refractivity contribution in [1.29, 1.82) is 0 Å². The van der Waals surface area contributed by atoms with Crippen molar-refractivity contribution in [3.63, 3.8) is 0 Å². The summed E-state index contributed by atoms with van der Waals surface area (Å²) < 4.78 is 1.83. The van der Waals surface area contributed by atoms with Crippen molar-refractivity contribution in [3.8, 4) is 0 Å². The molecule has 4 nitrogen and oxygen atoms in total. The summed E-state index contributed by atoms with van der Waals surface area (Å²) in [6.07, 6.45) is 4.57. The van der Waals surface area contributed by atoms with Crippen LogP contribution in [0.5, 0.6) is 0 Å². The van der Waals surface area contributed by atoms with Crippen molar-refractivity contribution >= 4 is 20.2 Å². The number of amides is 3. The highest BCUT2D eigenvalue weighted by atomic mass is 28.3. The van der Waals surface area contributed by atoms with Crippen molar-refractivity contribution < 1.29 is 9.59 Å². The normalized spacial score (nSPS) is 18.2. The summed E-state index contributed by atoms with van der Waals surface area (Å²) in [5.74, 6) is 0.105. The van der Waals surface area contributed by atoms with Crippen molar-refractivity contribution in [2.75, 3.05) is 0 Å². The number of nitrogens with zero attached hydrogens (tertiary/aromatic N) is 2. The van der Waals surface area contributed by atoms with E-state index in [1.807, 2.05) is 23.3 Å². The minimum atomic E-state index is -2.11. The van der Waals surface area contributed by atoms with E-state index in [9.17, 15) is 9.59 Å². The number of hydrogen-bond donors (Lipinski definition) is 0. The average Bonchev–Trinajstić information content (AvgIpc) is 2.75. The molecule has 5 heteroatoms. The third kappa shape index (κ3) is 3.28. The molecule has 0 atom stereocenters. The third-order valence-corrected chi connectivity index (χ3v) is 11.4. The molecule has 1 saturated heterocycles. The number of urea groups is 1. The zero-order valence-electron chi connectivity index (χ0n) is 16.9. The van der Waals surface area contributed by atoms with Crippen LogP contribution in [0, 0.1) is 0 Å². The van der Waals surface area contributed by atoms with Gasteiger partial charge in [0.1, 0.15) is 5.54 Å². The highest BCUT2D eigenvalue weighted by molar-refractivity contribution is 6.81. The maximum atomic E-state index is 13.6. The Balaban J connectivity index is 3.48. The minimum Gasteiger partial charge on any atom is -0.308 e. The Morgan fingerprint density at radius 3 is 1.54 bits per heavy atom. The Morgan fingerprint density at radius 1 is 0.875 bits per heavy atom. The smallest absolute Gasteiger partial charge is 0.308 e. The number of carbonyl (C=O) groups excluding carboxylic acids is 2. The van der Waals surface area contributed by atoms with Crippen LogP contribution in [0.1, 0.15) is 80.6 Å². The topological polar surface area (TPSA) is 40.6 Å². The summed E-state index contributed by atoms with van der Waals surface area (Å²) in [6.45, 7) is 14.7. The van der Waals surface area contributed by atoms with Gasteiger partial charge in [-0.3, -0.25) is 9.36 Å². The van der Waals surface area contributed by atoms with E-state index in [0.29, 0.717) is 12.8 Å². The second kappa shape index (κ2) is 8.50. The summed E-state index contributed by atoms with van der Waals surface area (Å²) in [5, 5.41) is 0. The molecule has 0 unspecified atom stereocenters. The van der Waals surface area contributed by atoms with E-state index in [4.69, 9.17) is 0 Å². The van der Waals surface area contributed by atoms with E-state index in [1.165, 1.54) is 0 Å². The lowest BCUT2D eigenvalue weighted by atomic mass is 9.90. The summed E-state index contributed by atoms with van der Waals surface area (Å²) in [5.41, 5.74) is -0.626. The third-order valence-electron chi connectivity index (χ3n) is 5.77. The molecule has 0 N–H and O–H groups in total. The van der Waals surface area contributed by atoms with E-state index >= 15 is 0 Å². The molecule has 3 amide bonds. The SMILES string of the molecule is CCC[Si](CCC)(CCC)N1C(=O)N(C(C)C)C(CC)(CC)C1=O. The molecule has 0 aromatic rings. The van der Waals surface area contributed by atoms with Gasteiger partial charge in [-0.05, 0) is 44.8 Å². The van der Waals surface area contributed by atoms with Gasteiger partial charge in [0, 0.05) is 6.04 Å². The Morgan fingerprint density at radius 2 is 1.29 bits per heavy atom. The quantitative estimate of drug-likeness (QED) is 0.389. The number of carbonyl (C=O) groups is 2. The fraction of sp³-hybridized carbons (Fsp3) is 0.895. The van der Waals surface area contributed by atoms with E-state index < -0.39 is 13.8 Å². The second-order valence-electron chi connectivity index (χ2n) is 7.60. The van der Waals surface area contributed by atoms with Crippen molar-refractivity contribution in [3.05, 3.63) is 0 Å². The van der Waals surface area contributed by atoms with Gasteiger partial charge in [-0.15, -0.1) is 0 Å². The highest BCUT2D eigenvalue weighted by Gasteiger charge is 2.61. The molecule has 1 aliphatic heterocycles. The van der Waals surface area contributed by atoms with Crippen LogP contribution >= 0.6 is 0 Å². The molecule has 0 saturated carbocycles. The zero-order valence-corrected chi connectivity index (χ0v) is 17.9. The molecule has 0 radical (unpaired) electrons. The molecule has 0 spiro atoms. The molecular weight excluding hydrogens is 316 g/mol. The van der Waals surface area contributed by atoms with Crippen LogP contribution in [-0.2, 0) is 4.79 Å². The van der Waals surface area contributed by atoms with Crippen LogP contribution in [-0.4, -0.2) is 41.2 Å². The van der Waals surface area contributed by atoms with E-state index in [-0.39, 0.29) is 18.0 Å². The first-order valence-corrected chi connectivity index (χ1v) is 12.6. The molecule has 140 valence electrons. The molecular formula is C19H38N2O2Si. The number of hydrogen-bond acceptors (Lipinski definition) is 2. The Kier molecular flexibility index (Phi) is 7.51. The van der Waals surface area contributed by atoms with Gasteiger partial charge in [0.05, 0.1) is 0 Å². The molecule has 1 heterocycles. The van der Waals surface area contributed by atoms with Crippen molar-refractivity contribution in [2.45, 2.75) is 110 Å². The van der Waals surface area contributed by atoms with Crippen molar-refractivity contribution in [2.24, 2.45) is 0 Å². The second-order valence-corrected chi connectivity index (χ2v) is 12.0. The van der Waals surface area contributed by atoms with Gasteiger partial charge in [0.2, 0.25) is 5.91 Å². The first-order valence-electron chi connectivity index (χ1n) is 9.99. The van der Waals surface area contributed by atoms with Crippen LogP contribution < -0.4 is 0 Å². The highest BCUT2D eigenvalue weighted by Crippen LogP contribution is 2.42. The molecule has 1 fully saturated rings. The summed E-state index contributed by atoms with van der Waals surface area (Å²) in [6, 6.07) is 3.19. The fourth-order valence-corrected chi connectivity index (χ4v) is 10.2. The van der Waals surface area contributed by atoms with Crippen LogP contribution in [0.15, 0.2) is 0 Å². The largest absolute Gasteiger partial charge is 0.319 e. The minimum absolute atomic E-state index is 0.000664. The standard InChI is InChI=1S/C19H38N2O2Si/c1-8-13-24(14-9-2,15-10-3)21-17(22)19(11-4,12-5)20(16(6)7)18(21)23/h16H,8-15H2,1-7H3. The molecule has 24 heavy (non-hydrogen) atoms. The van der Waals surface area contributed by atoms with Gasteiger partial charge in [0.15, 0.2) is 8.24 Å². The summed E-state index contributed by atoms with van der Waals surface area (Å²) in [4.78, 5) is 28.9. The first-order chi connectivity index (χ1) is 11.3. The van der Waals surface area contributed by atoms with Gasteiger partial charge in [0.25, 0.3) is 0 Å². The predicted molar refractivity (Wildman–Crippen MR) is 104 cm³/mol. The lowest BCUT2D eigenvalue weighted by Gasteiger charge is -2.38. The molecule has 0 aromatic carbocycles. The van der Waals surface area contributed by atoms with Gasteiger partial charge in [-0.2, -0.15) is 0 Å². The fourth-order valence-electron chi connectivity index (χ4n) is 4.82.